The zero-order valence-electron chi connectivity index (χ0n) is 16.0. The van der Waals surface area contributed by atoms with Crippen LogP contribution in [0.1, 0.15) is 46.4 Å². The van der Waals surface area contributed by atoms with Gasteiger partial charge >= 0.3 is 0 Å². The van der Waals surface area contributed by atoms with Gasteiger partial charge in [0.2, 0.25) is 5.91 Å². The van der Waals surface area contributed by atoms with Gasteiger partial charge in [-0.1, -0.05) is 6.07 Å². The van der Waals surface area contributed by atoms with Crippen molar-refractivity contribution in [2.45, 2.75) is 25.7 Å². The Balaban J connectivity index is 1.33. The third kappa shape index (κ3) is 3.85. The molecule has 0 aromatic heterocycles. The molecule has 0 spiro atoms. The molecule has 0 saturated carbocycles. The highest BCUT2D eigenvalue weighted by Crippen LogP contribution is 2.25. The average Bonchev–Trinajstić information content (AvgIpc) is 2.99. The fraction of sp³-hybridized carbons (Fsp3) is 0.318. The van der Waals surface area contributed by atoms with Gasteiger partial charge in [0.25, 0.3) is 11.8 Å². The Kier molecular flexibility index (Phi) is 5.29. The van der Waals surface area contributed by atoms with Gasteiger partial charge in [0.1, 0.15) is 5.82 Å². The van der Waals surface area contributed by atoms with E-state index >= 15 is 0 Å². The van der Waals surface area contributed by atoms with Crippen molar-refractivity contribution in [3.05, 3.63) is 59.4 Å². The summed E-state index contributed by atoms with van der Waals surface area (Å²) in [6.45, 7) is 2.00. The summed E-state index contributed by atoms with van der Waals surface area (Å²) < 4.78 is 13.9. The van der Waals surface area contributed by atoms with Gasteiger partial charge in [-0.25, -0.2) is 4.39 Å². The highest BCUT2D eigenvalue weighted by molar-refractivity contribution is 6.21. The number of amides is 3. The van der Waals surface area contributed by atoms with Crippen molar-refractivity contribution >= 4 is 29.1 Å². The number of carbonyl (C=O) groups is 3. The first kappa shape index (κ1) is 19.1. The van der Waals surface area contributed by atoms with E-state index in [1.54, 1.807) is 0 Å². The third-order valence-electron chi connectivity index (χ3n) is 5.38. The van der Waals surface area contributed by atoms with Crippen molar-refractivity contribution in [2.24, 2.45) is 0 Å². The minimum absolute atomic E-state index is 0.0451. The van der Waals surface area contributed by atoms with Crippen LogP contribution in [0, 0.1) is 5.82 Å². The van der Waals surface area contributed by atoms with Gasteiger partial charge < -0.3 is 10.2 Å². The normalized spacial score (nSPS) is 16.2. The van der Waals surface area contributed by atoms with Crippen molar-refractivity contribution in [3.63, 3.8) is 0 Å². The summed E-state index contributed by atoms with van der Waals surface area (Å²) in [6.07, 6.45) is 3.60. The number of nitrogens with one attached hydrogen (secondary N) is 1. The highest BCUT2D eigenvalue weighted by atomic mass is 19.1. The van der Waals surface area contributed by atoms with Crippen molar-refractivity contribution in [2.75, 3.05) is 29.9 Å². The summed E-state index contributed by atoms with van der Waals surface area (Å²) in [6, 6.07) is 11.6. The predicted molar refractivity (Wildman–Crippen MR) is 108 cm³/mol. The molecule has 2 heterocycles. The van der Waals surface area contributed by atoms with Crippen molar-refractivity contribution in [3.8, 4) is 0 Å². The molecule has 0 atom stereocenters. The Morgan fingerprint density at radius 3 is 2.38 bits per heavy atom. The van der Waals surface area contributed by atoms with Gasteiger partial charge in [0.05, 0.1) is 11.1 Å². The van der Waals surface area contributed by atoms with Gasteiger partial charge in [-0.05, 0) is 55.7 Å². The van der Waals surface area contributed by atoms with Crippen LogP contribution in [-0.2, 0) is 4.79 Å². The number of benzene rings is 2. The summed E-state index contributed by atoms with van der Waals surface area (Å²) in [5, 5.41) is 2.78. The first-order valence-electron chi connectivity index (χ1n) is 9.84. The summed E-state index contributed by atoms with van der Waals surface area (Å²) in [5.74, 6) is -2.29. The standard InChI is InChI=1S/C22H22FN3O3/c23-18-6-4-5-17-20(18)22(29)26(21(17)28)14-11-19(27)24-15-7-9-16(10-8-15)25-12-2-1-3-13-25/h4-10H,1-3,11-14H2,(H,24,27). The van der Waals surface area contributed by atoms with E-state index in [0.29, 0.717) is 5.69 Å². The monoisotopic (exact) mass is 395 g/mol. The highest BCUT2D eigenvalue weighted by Gasteiger charge is 2.37. The van der Waals surface area contributed by atoms with E-state index in [1.165, 1.54) is 31.4 Å². The fourth-order valence-corrected chi connectivity index (χ4v) is 3.84. The van der Waals surface area contributed by atoms with Gasteiger partial charge in [0.15, 0.2) is 0 Å². The topological polar surface area (TPSA) is 69.7 Å². The Morgan fingerprint density at radius 2 is 1.69 bits per heavy atom. The molecule has 0 bridgehead atoms. The molecule has 7 heteroatoms. The number of imide groups is 1. The zero-order chi connectivity index (χ0) is 20.4. The van der Waals surface area contributed by atoms with E-state index < -0.39 is 17.6 Å². The second-order valence-corrected chi connectivity index (χ2v) is 7.32. The average molecular weight is 395 g/mol. The van der Waals surface area contributed by atoms with Crippen LogP contribution in [0.4, 0.5) is 15.8 Å². The number of hydrogen-bond donors (Lipinski definition) is 1. The van der Waals surface area contributed by atoms with E-state index in [-0.39, 0.29) is 30.0 Å². The van der Waals surface area contributed by atoms with E-state index in [4.69, 9.17) is 0 Å². The van der Waals surface area contributed by atoms with Gasteiger partial charge in [-0.2, -0.15) is 0 Å². The number of nitrogens with zero attached hydrogens (tertiary/aromatic N) is 2. The maximum Gasteiger partial charge on any atom is 0.264 e. The number of piperidine rings is 1. The van der Waals surface area contributed by atoms with E-state index in [0.717, 1.165) is 29.7 Å². The number of halogens is 1. The summed E-state index contributed by atoms with van der Waals surface area (Å²) in [4.78, 5) is 40.2. The lowest BCUT2D eigenvalue weighted by atomic mass is 10.1. The molecule has 3 amide bonds. The lowest BCUT2D eigenvalue weighted by Crippen LogP contribution is -2.33. The first-order chi connectivity index (χ1) is 14.0. The van der Waals surface area contributed by atoms with Gasteiger partial charge in [0, 0.05) is 37.4 Å². The second kappa shape index (κ2) is 8.03. The molecular formula is C22H22FN3O3. The molecule has 0 aliphatic carbocycles. The molecule has 1 N–H and O–H groups in total. The van der Waals surface area contributed by atoms with Crippen molar-refractivity contribution in [1.29, 1.82) is 0 Å². The van der Waals surface area contributed by atoms with E-state index in [2.05, 4.69) is 10.2 Å². The molecule has 2 aliphatic rings. The van der Waals surface area contributed by atoms with Gasteiger partial charge in [-0.15, -0.1) is 0 Å². The quantitative estimate of drug-likeness (QED) is 0.788. The number of rotatable bonds is 5. The molecular weight excluding hydrogens is 373 g/mol. The van der Waals surface area contributed by atoms with Gasteiger partial charge in [-0.3, -0.25) is 19.3 Å². The maximum absolute atomic E-state index is 13.9. The Hall–Kier alpha value is -3.22. The SMILES string of the molecule is O=C(CCN1C(=O)c2cccc(F)c2C1=O)Nc1ccc(N2CCCCC2)cc1. The molecule has 4 rings (SSSR count). The summed E-state index contributed by atoms with van der Waals surface area (Å²) >= 11 is 0. The lowest BCUT2D eigenvalue weighted by Gasteiger charge is -2.28. The van der Waals surface area contributed by atoms with Crippen LogP contribution in [0.2, 0.25) is 0 Å². The molecule has 2 aromatic rings. The molecule has 150 valence electrons. The molecule has 2 aromatic carbocycles. The second-order valence-electron chi connectivity index (χ2n) is 7.32. The number of anilines is 2. The Labute approximate surface area is 168 Å². The molecule has 1 saturated heterocycles. The number of fused-ring (bicyclic) bond motifs is 1. The number of hydrogen-bond acceptors (Lipinski definition) is 4. The molecule has 29 heavy (non-hydrogen) atoms. The smallest absolute Gasteiger partial charge is 0.264 e. The van der Waals surface area contributed by atoms with Crippen LogP contribution >= 0.6 is 0 Å². The first-order valence-corrected chi connectivity index (χ1v) is 9.84. The zero-order valence-corrected chi connectivity index (χ0v) is 16.0. The van der Waals surface area contributed by atoms with Crippen molar-refractivity contribution in [1.82, 2.24) is 4.90 Å². The Morgan fingerprint density at radius 1 is 0.966 bits per heavy atom. The maximum atomic E-state index is 13.9. The molecule has 0 radical (unpaired) electrons. The summed E-state index contributed by atoms with van der Waals surface area (Å²) in [7, 11) is 0. The lowest BCUT2D eigenvalue weighted by molar-refractivity contribution is -0.116. The third-order valence-corrected chi connectivity index (χ3v) is 5.38. The number of carbonyl (C=O) groups excluding carboxylic acids is 3. The predicted octanol–water partition coefficient (Wildman–Crippen LogP) is 3.44. The molecule has 1 fully saturated rings. The van der Waals surface area contributed by atoms with Crippen LogP contribution < -0.4 is 10.2 Å². The van der Waals surface area contributed by atoms with Crippen LogP contribution in [0.25, 0.3) is 0 Å². The molecule has 2 aliphatic heterocycles. The largest absolute Gasteiger partial charge is 0.372 e. The van der Waals surface area contributed by atoms with Crippen molar-refractivity contribution < 1.29 is 18.8 Å². The summed E-state index contributed by atoms with van der Waals surface area (Å²) in [5.41, 5.74) is 1.62. The van der Waals surface area contributed by atoms with E-state index in [1.807, 2.05) is 24.3 Å². The molecule has 6 nitrogen and oxygen atoms in total. The van der Waals surface area contributed by atoms with Crippen LogP contribution in [-0.4, -0.2) is 42.3 Å². The minimum atomic E-state index is -0.721. The Bertz CT molecular complexity index is 952. The fourth-order valence-electron chi connectivity index (χ4n) is 3.84. The van der Waals surface area contributed by atoms with Crippen LogP contribution in [0.15, 0.2) is 42.5 Å². The van der Waals surface area contributed by atoms with Crippen LogP contribution in [0.3, 0.4) is 0 Å². The minimum Gasteiger partial charge on any atom is -0.372 e. The molecule has 0 unspecified atom stereocenters. The van der Waals surface area contributed by atoms with Crippen LogP contribution in [0.5, 0.6) is 0 Å². The van der Waals surface area contributed by atoms with E-state index in [9.17, 15) is 18.8 Å².